The number of amides is 2. The second-order valence-corrected chi connectivity index (χ2v) is 10.8. The van der Waals surface area contributed by atoms with Gasteiger partial charge in [0.05, 0.1) is 35.6 Å². The van der Waals surface area contributed by atoms with Gasteiger partial charge in [-0.15, -0.1) is 0 Å². The zero-order valence-electron chi connectivity index (χ0n) is 22.2. The van der Waals surface area contributed by atoms with Crippen LogP contribution < -0.4 is 4.90 Å². The Balaban J connectivity index is 1.25. The first-order valence-electron chi connectivity index (χ1n) is 13.8. The van der Waals surface area contributed by atoms with Crippen molar-refractivity contribution in [1.82, 2.24) is 4.90 Å². The largest absolute Gasteiger partial charge is 0.392 e. The zero-order valence-corrected chi connectivity index (χ0v) is 22.2. The Bertz CT molecular complexity index is 1300. The first kappa shape index (κ1) is 25.9. The van der Waals surface area contributed by atoms with Crippen molar-refractivity contribution in [2.75, 3.05) is 24.5 Å². The van der Waals surface area contributed by atoms with E-state index in [0.717, 1.165) is 36.3 Å². The molecule has 3 heterocycles. The molecular formula is C32H34N2O5. The van der Waals surface area contributed by atoms with Crippen molar-refractivity contribution in [2.24, 2.45) is 5.92 Å². The molecule has 202 valence electrons. The van der Waals surface area contributed by atoms with Crippen LogP contribution in [0, 0.1) is 5.92 Å². The number of nitrogens with zero attached hydrogens (tertiary/aromatic N) is 2. The SMILES string of the molecule is C[C@H]1[C@@H](CN2CCCCC2)O[C@@H](c2ccc(N3C(=O)c4ccccc4C3=O)cc2)O[C@H]1c1ccc(CO)cc1. The van der Waals surface area contributed by atoms with Crippen LogP contribution >= 0.6 is 0 Å². The number of carbonyl (C=O) groups is 2. The van der Waals surface area contributed by atoms with Crippen molar-refractivity contribution in [2.45, 2.75) is 51.3 Å². The average Bonchev–Trinajstić information content (AvgIpc) is 3.24. The number of rotatable bonds is 6. The number of piperidine rings is 1. The highest BCUT2D eigenvalue weighted by molar-refractivity contribution is 6.34. The summed E-state index contributed by atoms with van der Waals surface area (Å²) in [6, 6.07) is 22.2. The number of likely N-dealkylation sites (tertiary alicyclic amines) is 1. The van der Waals surface area contributed by atoms with Crippen LogP contribution in [-0.4, -0.2) is 47.6 Å². The van der Waals surface area contributed by atoms with Crippen LogP contribution in [0.4, 0.5) is 5.69 Å². The minimum Gasteiger partial charge on any atom is -0.392 e. The van der Waals surface area contributed by atoms with E-state index in [9.17, 15) is 14.7 Å². The van der Waals surface area contributed by atoms with Crippen molar-refractivity contribution in [3.05, 3.63) is 101 Å². The van der Waals surface area contributed by atoms with Crippen molar-refractivity contribution in [1.29, 1.82) is 0 Å². The van der Waals surface area contributed by atoms with Gasteiger partial charge in [-0.1, -0.05) is 61.9 Å². The summed E-state index contributed by atoms with van der Waals surface area (Å²) in [5, 5.41) is 9.49. The van der Waals surface area contributed by atoms with Gasteiger partial charge >= 0.3 is 0 Å². The molecule has 2 saturated heterocycles. The van der Waals surface area contributed by atoms with Gasteiger partial charge in [-0.2, -0.15) is 0 Å². The number of fused-ring (bicyclic) bond motifs is 1. The van der Waals surface area contributed by atoms with Crippen LogP contribution in [0.15, 0.2) is 72.8 Å². The quantitative estimate of drug-likeness (QED) is 0.442. The second-order valence-electron chi connectivity index (χ2n) is 10.8. The molecule has 7 heteroatoms. The van der Waals surface area contributed by atoms with E-state index in [4.69, 9.17) is 9.47 Å². The molecule has 0 spiro atoms. The molecule has 39 heavy (non-hydrogen) atoms. The Morgan fingerprint density at radius 1 is 0.795 bits per heavy atom. The third-order valence-corrected chi connectivity index (χ3v) is 8.23. The van der Waals surface area contributed by atoms with E-state index in [2.05, 4.69) is 11.8 Å². The van der Waals surface area contributed by atoms with Gasteiger partial charge in [0.15, 0.2) is 6.29 Å². The number of ether oxygens (including phenoxy) is 2. The van der Waals surface area contributed by atoms with Gasteiger partial charge in [0.2, 0.25) is 0 Å². The molecule has 3 aliphatic rings. The highest BCUT2D eigenvalue weighted by Gasteiger charge is 2.40. The summed E-state index contributed by atoms with van der Waals surface area (Å²) >= 11 is 0. The summed E-state index contributed by atoms with van der Waals surface area (Å²) in [4.78, 5) is 29.6. The topological polar surface area (TPSA) is 79.3 Å². The number of imide groups is 1. The van der Waals surface area contributed by atoms with Gasteiger partial charge in [0, 0.05) is 18.0 Å². The third kappa shape index (κ3) is 5.03. The summed E-state index contributed by atoms with van der Waals surface area (Å²) in [5.41, 5.74) is 4.13. The molecule has 6 rings (SSSR count). The number of aliphatic hydroxyl groups is 1. The first-order chi connectivity index (χ1) is 19.0. The van der Waals surface area contributed by atoms with Crippen molar-refractivity contribution >= 4 is 17.5 Å². The highest BCUT2D eigenvalue weighted by Crippen LogP contribution is 2.42. The molecular weight excluding hydrogens is 492 g/mol. The summed E-state index contributed by atoms with van der Waals surface area (Å²) in [6.07, 6.45) is 2.92. The Hall–Kier alpha value is -3.36. The van der Waals surface area contributed by atoms with Crippen molar-refractivity contribution < 1.29 is 24.2 Å². The monoisotopic (exact) mass is 526 g/mol. The van der Waals surface area contributed by atoms with Crippen LogP contribution in [0.1, 0.15) is 76.0 Å². The molecule has 0 aromatic heterocycles. The van der Waals surface area contributed by atoms with Gasteiger partial charge in [0.1, 0.15) is 0 Å². The van der Waals surface area contributed by atoms with Crippen LogP contribution in [-0.2, 0) is 16.1 Å². The predicted molar refractivity (Wildman–Crippen MR) is 147 cm³/mol. The molecule has 7 nitrogen and oxygen atoms in total. The lowest BCUT2D eigenvalue weighted by atomic mass is 9.89. The number of aliphatic hydroxyl groups excluding tert-OH is 1. The molecule has 0 bridgehead atoms. The Morgan fingerprint density at radius 2 is 1.41 bits per heavy atom. The van der Waals surface area contributed by atoms with Gasteiger partial charge in [-0.25, -0.2) is 4.90 Å². The van der Waals surface area contributed by atoms with Crippen LogP contribution in [0.3, 0.4) is 0 Å². The summed E-state index contributed by atoms with van der Waals surface area (Å²) in [5.74, 6) is -0.494. The molecule has 0 saturated carbocycles. The van der Waals surface area contributed by atoms with Crippen molar-refractivity contribution in [3.8, 4) is 0 Å². The van der Waals surface area contributed by atoms with E-state index in [0.29, 0.717) is 16.8 Å². The standard InChI is InChI=1S/C32H34N2O5/c1-21-28(19-33-17-5-2-6-18-33)38-32(39-29(21)23-11-9-22(20-35)10-12-23)24-13-15-25(16-14-24)34-30(36)26-7-3-4-8-27(26)31(34)37/h3-4,7-16,21,28-29,32,35H,2,5-6,17-20H2,1H3/t21-,28+,29+,32+/m0/s1. The van der Waals surface area contributed by atoms with Crippen molar-refractivity contribution in [3.63, 3.8) is 0 Å². The number of benzene rings is 3. The molecule has 4 atom stereocenters. The normalized spacial score (nSPS) is 25.6. The lowest BCUT2D eigenvalue weighted by Gasteiger charge is -2.43. The maximum absolute atomic E-state index is 12.9. The fourth-order valence-electron chi connectivity index (χ4n) is 5.93. The van der Waals surface area contributed by atoms with E-state index in [1.54, 1.807) is 36.4 Å². The molecule has 1 N–H and O–H groups in total. The first-order valence-corrected chi connectivity index (χ1v) is 13.8. The van der Waals surface area contributed by atoms with Gasteiger partial charge in [-0.3, -0.25) is 9.59 Å². The number of hydrogen-bond acceptors (Lipinski definition) is 6. The second kappa shape index (κ2) is 11.0. The number of carbonyl (C=O) groups excluding carboxylic acids is 2. The molecule has 2 amide bonds. The molecule has 2 fully saturated rings. The molecule has 3 aliphatic heterocycles. The summed E-state index contributed by atoms with van der Waals surface area (Å²) < 4.78 is 13.2. The minimum absolute atomic E-state index is 0.00410. The van der Waals surface area contributed by atoms with Crippen LogP contribution in [0.25, 0.3) is 0 Å². The lowest BCUT2D eigenvalue weighted by Crippen LogP contribution is -2.45. The van der Waals surface area contributed by atoms with Gasteiger partial charge in [-0.05, 0) is 61.3 Å². The maximum Gasteiger partial charge on any atom is 0.266 e. The maximum atomic E-state index is 12.9. The number of hydrogen-bond donors (Lipinski definition) is 1. The summed E-state index contributed by atoms with van der Waals surface area (Å²) in [6.45, 7) is 5.20. The van der Waals surface area contributed by atoms with E-state index in [1.165, 1.54) is 24.2 Å². The highest BCUT2D eigenvalue weighted by atomic mass is 16.7. The van der Waals surface area contributed by atoms with Gasteiger partial charge < -0.3 is 19.5 Å². The zero-order chi connectivity index (χ0) is 26.9. The molecule has 3 aromatic rings. The molecule has 0 unspecified atom stereocenters. The van der Waals surface area contributed by atoms with E-state index in [-0.39, 0.29) is 36.5 Å². The molecule has 0 radical (unpaired) electrons. The Labute approximate surface area is 229 Å². The van der Waals surface area contributed by atoms with E-state index >= 15 is 0 Å². The summed E-state index contributed by atoms with van der Waals surface area (Å²) in [7, 11) is 0. The van der Waals surface area contributed by atoms with Crippen LogP contribution in [0.5, 0.6) is 0 Å². The minimum atomic E-state index is -0.588. The number of anilines is 1. The van der Waals surface area contributed by atoms with E-state index < -0.39 is 6.29 Å². The fraction of sp³-hybridized carbons (Fsp3) is 0.375. The molecule has 0 aliphatic carbocycles. The predicted octanol–water partition coefficient (Wildman–Crippen LogP) is 5.26. The smallest absolute Gasteiger partial charge is 0.266 e. The lowest BCUT2D eigenvalue weighted by molar-refractivity contribution is -0.276. The van der Waals surface area contributed by atoms with Crippen LogP contribution in [0.2, 0.25) is 0 Å². The Kier molecular flexibility index (Phi) is 7.32. The van der Waals surface area contributed by atoms with Gasteiger partial charge in [0.25, 0.3) is 11.8 Å². The molecule has 3 aromatic carbocycles. The fourth-order valence-corrected chi connectivity index (χ4v) is 5.93. The third-order valence-electron chi connectivity index (χ3n) is 8.23. The van der Waals surface area contributed by atoms with E-state index in [1.807, 2.05) is 36.4 Å². The Morgan fingerprint density at radius 3 is 2.03 bits per heavy atom. The average molecular weight is 527 g/mol.